The van der Waals surface area contributed by atoms with E-state index in [9.17, 15) is 28.6 Å². The molecule has 0 saturated carbocycles. The Balaban J connectivity index is 1.62. The van der Waals surface area contributed by atoms with E-state index >= 15 is 0 Å². The van der Waals surface area contributed by atoms with Crippen molar-refractivity contribution in [2.75, 3.05) is 24.6 Å². The number of aromatic hydroxyl groups is 2. The highest BCUT2D eigenvalue weighted by Gasteiger charge is 2.15. The largest absolute Gasteiger partial charge is 0.505 e. The molecule has 0 aliphatic carbocycles. The van der Waals surface area contributed by atoms with Crippen LogP contribution in [-0.4, -0.2) is 68.5 Å². The van der Waals surface area contributed by atoms with E-state index < -0.39 is 34.9 Å². The molecule has 36 heavy (non-hydrogen) atoms. The topological polar surface area (TPSA) is 164 Å². The average molecular weight is 543 g/mol. The lowest BCUT2D eigenvalue weighted by atomic mass is 10.1. The lowest BCUT2D eigenvalue weighted by Gasteiger charge is -2.08. The van der Waals surface area contributed by atoms with Gasteiger partial charge in [0.2, 0.25) is 0 Å². The molecule has 10 nitrogen and oxygen atoms in total. The first-order chi connectivity index (χ1) is 17.2. The molecule has 0 aromatic heterocycles. The smallest absolute Gasteiger partial charge is 0.269 e. The molecule has 2 aromatic carbocycles. The number of nitrogens with one attached hydrogen (secondary N) is 2. The fourth-order valence-electron chi connectivity index (χ4n) is 2.76. The molecule has 6 N–H and O–H groups in total. The van der Waals surface area contributed by atoms with Gasteiger partial charge in [-0.1, -0.05) is 44.0 Å². The maximum atomic E-state index is 13.4. The van der Waals surface area contributed by atoms with Gasteiger partial charge in [-0.05, 0) is 35.4 Å². The Morgan fingerprint density at radius 3 is 1.47 bits per heavy atom. The summed E-state index contributed by atoms with van der Waals surface area (Å²) in [5, 5.41) is 47.6. The summed E-state index contributed by atoms with van der Waals surface area (Å²) < 4.78 is 26.8. The Morgan fingerprint density at radius 2 is 1.14 bits per heavy atom. The predicted molar refractivity (Wildman–Crippen MR) is 133 cm³/mol. The zero-order valence-electron chi connectivity index (χ0n) is 18.8. The second kappa shape index (κ2) is 14.8. The number of rotatable bonds is 13. The molecule has 194 valence electrons. The molecule has 0 aliphatic heterocycles. The number of hydrogen-bond acceptors (Lipinski definition) is 10. The number of amides is 2. The zero-order chi connectivity index (χ0) is 26.5. The molecule has 0 heterocycles. The number of nitrogens with zero attached hydrogens (tertiary/aromatic N) is 2. The van der Waals surface area contributed by atoms with Gasteiger partial charge in [0.05, 0.1) is 0 Å². The van der Waals surface area contributed by atoms with Crippen LogP contribution in [-0.2, 0) is 22.4 Å². The van der Waals surface area contributed by atoms with Crippen molar-refractivity contribution in [3.63, 3.8) is 0 Å². The van der Waals surface area contributed by atoms with Crippen LogP contribution in [0, 0.1) is 11.6 Å². The van der Waals surface area contributed by atoms with E-state index in [1.807, 2.05) is 0 Å². The summed E-state index contributed by atoms with van der Waals surface area (Å²) in [6, 6.07) is 7.18. The summed E-state index contributed by atoms with van der Waals surface area (Å²) in [5.74, 6) is -2.95. The fraction of sp³-hybridized carbons (Fsp3) is 0.273. The number of hydrogen-bond donors (Lipinski definition) is 6. The minimum atomic E-state index is -0.845. The highest BCUT2D eigenvalue weighted by Crippen LogP contribution is 2.20. The molecule has 0 atom stereocenters. The maximum absolute atomic E-state index is 13.4. The van der Waals surface area contributed by atoms with Crippen LogP contribution in [0.2, 0.25) is 0 Å². The first-order valence-electron chi connectivity index (χ1n) is 10.4. The molecule has 0 spiro atoms. The lowest BCUT2D eigenvalue weighted by Crippen LogP contribution is -2.34. The Hall–Kier alpha value is -3.52. The van der Waals surface area contributed by atoms with Gasteiger partial charge >= 0.3 is 0 Å². The Morgan fingerprint density at radius 1 is 0.750 bits per heavy atom. The molecule has 0 aliphatic rings. The maximum Gasteiger partial charge on any atom is 0.269 e. The molecule has 0 fully saturated rings. The predicted octanol–water partition coefficient (Wildman–Crippen LogP) is 2.44. The second-order valence-corrected chi connectivity index (χ2v) is 9.88. The first kappa shape index (κ1) is 28.7. The van der Waals surface area contributed by atoms with Gasteiger partial charge in [0.25, 0.3) is 11.8 Å². The number of carbonyl (C=O) groups excluding carboxylic acids is 2. The van der Waals surface area contributed by atoms with Crippen LogP contribution < -0.4 is 10.6 Å². The fourth-order valence-corrected chi connectivity index (χ4v) is 4.58. The molecule has 14 heteroatoms. The summed E-state index contributed by atoms with van der Waals surface area (Å²) >= 11 is 0. The van der Waals surface area contributed by atoms with Crippen LogP contribution in [0.15, 0.2) is 46.7 Å². The summed E-state index contributed by atoms with van der Waals surface area (Å²) in [6.45, 7) is 0.520. The van der Waals surface area contributed by atoms with Crippen molar-refractivity contribution in [3.05, 3.63) is 59.2 Å². The van der Waals surface area contributed by atoms with Gasteiger partial charge < -0.3 is 31.3 Å². The van der Waals surface area contributed by atoms with E-state index in [0.29, 0.717) is 22.6 Å². The standard InChI is InChI=1S/C22H24F2N4O6S2/c23-15-9-13(1-3-19(15)29)11-17(27-33)21(31)25-5-7-35-36-8-6-26-22(32)18(28-34)12-14-2-4-20(30)16(24)10-14/h1-4,9-10,29-30,33-34H,5-8,11-12H2,(H,25,31)(H,26,32)/b27-17+,28-18+. The van der Waals surface area contributed by atoms with E-state index in [4.69, 9.17) is 10.4 Å². The van der Waals surface area contributed by atoms with Crippen molar-refractivity contribution >= 4 is 44.8 Å². The molecule has 0 unspecified atom stereocenters. The number of phenolic OH excluding ortho intramolecular Hbond substituents is 2. The highest BCUT2D eigenvalue weighted by atomic mass is 33.1. The Labute approximate surface area is 212 Å². The molecule has 2 amide bonds. The molecule has 0 radical (unpaired) electrons. The third kappa shape index (κ3) is 9.26. The van der Waals surface area contributed by atoms with Crippen LogP contribution in [0.4, 0.5) is 8.78 Å². The van der Waals surface area contributed by atoms with Crippen molar-refractivity contribution in [2.24, 2.45) is 10.3 Å². The molecule has 0 saturated heterocycles. The van der Waals surface area contributed by atoms with Gasteiger partial charge in [-0.3, -0.25) is 9.59 Å². The normalized spacial score (nSPS) is 11.8. The number of carbonyl (C=O) groups is 2. The summed E-state index contributed by atoms with van der Waals surface area (Å²) in [6.07, 6.45) is -0.246. The van der Waals surface area contributed by atoms with Gasteiger partial charge in [0.1, 0.15) is 11.4 Å². The van der Waals surface area contributed by atoms with Gasteiger partial charge in [0, 0.05) is 37.4 Å². The summed E-state index contributed by atoms with van der Waals surface area (Å²) in [5.41, 5.74) is 0.281. The average Bonchev–Trinajstić information content (AvgIpc) is 2.86. The minimum Gasteiger partial charge on any atom is -0.505 e. The van der Waals surface area contributed by atoms with Crippen LogP contribution >= 0.6 is 21.6 Å². The van der Waals surface area contributed by atoms with Crippen LogP contribution in [0.5, 0.6) is 11.5 Å². The van der Waals surface area contributed by atoms with E-state index in [1.165, 1.54) is 33.7 Å². The van der Waals surface area contributed by atoms with Crippen molar-refractivity contribution in [1.29, 1.82) is 0 Å². The number of benzene rings is 2. The molecular formula is C22H24F2N4O6S2. The summed E-state index contributed by atoms with van der Waals surface area (Å²) in [7, 11) is 2.84. The van der Waals surface area contributed by atoms with Crippen molar-refractivity contribution in [3.8, 4) is 11.5 Å². The first-order valence-corrected chi connectivity index (χ1v) is 12.9. The lowest BCUT2D eigenvalue weighted by molar-refractivity contribution is -0.115. The number of phenols is 2. The second-order valence-electron chi connectivity index (χ2n) is 7.17. The highest BCUT2D eigenvalue weighted by molar-refractivity contribution is 8.76. The van der Waals surface area contributed by atoms with Crippen LogP contribution in [0.3, 0.4) is 0 Å². The van der Waals surface area contributed by atoms with Crippen molar-refractivity contribution in [2.45, 2.75) is 12.8 Å². The van der Waals surface area contributed by atoms with Gasteiger partial charge in [-0.25, -0.2) is 8.78 Å². The van der Waals surface area contributed by atoms with E-state index in [2.05, 4.69) is 20.9 Å². The van der Waals surface area contributed by atoms with E-state index in [0.717, 1.165) is 24.3 Å². The van der Waals surface area contributed by atoms with Crippen molar-refractivity contribution in [1.82, 2.24) is 10.6 Å². The number of oxime groups is 2. The molecule has 0 bridgehead atoms. The quantitative estimate of drug-likeness (QED) is 0.0739. The zero-order valence-corrected chi connectivity index (χ0v) is 20.4. The molecular weight excluding hydrogens is 518 g/mol. The summed E-state index contributed by atoms with van der Waals surface area (Å²) in [4.78, 5) is 24.3. The molecule has 2 aromatic rings. The van der Waals surface area contributed by atoms with E-state index in [-0.39, 0.29) is 37.4 Å². The number of halogens is 2. The van der Waals surface area contributed by atoms with Gasteiger partial charge in [-0.15, -0.1) is 0 Å². The third-order valence-corrected chi connectivity index (χ3v) is 6.97. The van der Waals surface area contributed by atoms with Crippen LogP contribution in [0.25, 0.3) is 0 Å². The third-order valence-electron chi connectivity index (χ3n) is 4.56. The SMILES string of the molecule is O=C(NCCSSCCNC(=O)/C(Cc1ccc(O)c(F)c1)=N/O)/C(Cc1ccc(O)c(F)c1)=N/O. The van der Waals surface area contributed by atoms with Crippen molar-refractivity contribution < 1.29 is 39.0 Å². The minimum absolute atomic E-state index is 0.123. The van der Waals surface area contributed by atoms with Gasteiger partial charge in [-0.2, -0.15) is 0 Å². The Kier molecular flexibility index (Phi) is 11.8. The van der Waals surface area contributed by atoms with E-state index in [1.54, 1.807) is 0 Å². The van der Waals surface area contributed by atoms with Gasteiger partial charge in [0.15, 0.2) is 23.1 Å². The molecule has 2 rings (SSSR count). The Bertz CT molecular complexity index is 1050. The monoisotopic (exact) mass is 542 g/mol. The van der Waals surface area contributed by atoms with Crippen LogP contribution in [0.1, 0.15) is 11.1 Å².